The van der Waals surface area contributed by atoms with Crippen LogP contribution in [0.15, 0.2) is 51.0 Å². The first kappa shape index (κ1) is 18.0. The van der Waals surface area contributed by atoms with E-state index in [4.69, 9.17) is 4.74 Å². The summed E-state index contributed by atoms with van der Waals surface area (Å²) in [6.07, 6.45) is 3.80. The van der Waals surface area contributed by atoms with E-state index in [9.17, 15) is 8.42 Å². The molecule has 0 N–H and O–H groups in total. The molecule has 4 rings (SSSR count). The molecule has 0 spiro atoms. The van der Waals surface area contributed by atoms with E-state index in [1.165, 1.54) is 11.4 Å². The fourth-order valence-electron chi connectivity index (χ4n) is 3.47. The van der Waals surface area contributed by atoms with Gasteiger partial charge in [0.05, 0.1) is 24.4 Å². The van der Waals surface area contributed by atoms with Crippen LogP contribution in [-0.4, -0.2) is 80.6 Å². The molecule has 0 aromatic heterocycles. The zero-order valence-electron chi connectivity index (χ0n) is 15.4. The lowest BCUT2D eigenvalue weighted by Crippen LogP contribution is -2.48. The smallest absolute Gasteiger partial charge is 0.243 e. The normalized spacial score (nSPS) is 23.1. The maximum absolute atomic E-state index is 12.9. The van der Waals surface area contributed by atoms with Crippen LogP contribution in [0.4, 0.5) is 0 Å². The van der Waals surface area contributed by atoms with Gasteiger partial charge in [0.25, 0.3) is 0 Å². The Balaban J connectivity index is 1.45. The van der Waals surface area contributed by atoms with E-state index in [2.05, 4.69) is 21.8 Å². The predicted octanol–water partition coefficient (Wildman–Crippen LogP) is 0.987. The molecule has 1 atom stereocenters. The van der Waals surface area contributed by atoms with Crippen molar-refractivity contribution in [3.63, 3.8) is 0 Å². The second-order valence-electron chi connectivity index (χ2n) is 6.81. The van der Waals surface area contributed by atoms with Crippen molar-refractivity contribution in [2.75, 3.05) is 39.8 Å². The van der Waals surface area contributed by atoms with Gasteiger partial charge in [-0.25, -0.2) is 13.4 Å². The lowest BCUT2D eigenvalue weighted by Gasteiger charge is -2.36. The fraction of sp³-hybridized carbons (Fsp3) is 0.444. The molecule has 3 aliphatic rings. The highest BCUT2D eigenvalue weighted by molar-refractivity contribution is 7.89. The van der Waals surface area contributed by atoms with E-state index in [1.54, 1.807) is 24.3 Å². The molecule has 1 aromatic carbocycles. The quantitative estimate of drug-likeness (QED) is 0.767. The molecular formula is C18H23N5O3S. The number of amidine groups is 1. The predicted molar refractivity (Wildman–Crippen MR) is 104 cm³/mol. The van der Waals surface area contributed by atoms with Crippen molar-refractivity contribution >= 4 is 22.2 Å². The maximum Gasteiger partial charge on any atom is 0.243 e. The summed E-state index contributed by atoms with van der Waals surface area (Å²) in [5.41, 5.74) is 0. The van der Waals surface area contributed by atoms with E-state index in [1.807, 2.05) is 17.3 Å². The Hall–Kier alpha value is -2.39. The number of sulfonamides is 1. The van der Waals surface area contributed by atoms with Crippen molar-refractivity contribution in [1.29, 1.82) is 0 Å². The lowest BCUT2D eigenvalue weighted by molar-refractivity contribution is 0.227. The number of ether oxygens (including phenoxy) is 1. The van der Waals surface area contributed by atoms with Crippen LogP contribution in [0.25, 0.3) is 0 Å². The van der Waals surface area contributed by atoms with Crippen molar-refractivity contribution in [3.8, 4) is 5.75 Å². The van der Waals surface area contributed by atoms with Gasteiger partial charge in [-0.05, 0) is 19.1 Å². The number of piperazine rings is 1. The van der Waals surface area contributed by atoms with E-state index < -0.39 is 10.0 Å². The molecule has 3 aliphatic heterocycles. The third kappa shape index (κ3) is 3.44. The number of nitrogens with zero attached hydrogens (tertiary/aromatic N) is 5. The standard InChI is InChI=1S/C18H23N5O3S/c1-14-12-22-13-19-17(11-18(22)20-14)21-6-8-23(9-7-21)27(24,25)16-5-3-4-15(10-16)26-2/h3-5,10-11,13-14H,6-9,12H2,1-2H3/t14-/m0/s1. The molecule has 8 nitrogen and oxygen atoms in total. The summed E-state index contributed by atoms with van der Waals surface area (Å²) in [6, 6.07) is 6.86. The van der Waals surface area contributed by atoms with Gasteiger partial charge in [-0.3, -0.25) is 4.99 Å². The van der Waals surface area contributed by atoms with Gasteiger partial charge in [0.2, 0.25) is 10.0 Å². The number of methoxy groups -OCH3 is 1. The number of hydrogen-bond donors (Lipinski definition) is 0. The molecule has 1 fully saturated rings. The van der Waals surface area contributed by atoms with Gasteiger partial charge < -0.3 is 14.5 Å². The zero-order valence-corrected chi connectivity index (χ0v) is 16.3. The molecule has 144 valence electrons. The number of hydrogen-bond acceptors (Lipinski definition) is 7. The Bertz CT molecular complexity index is 917. The average molecular weight is 389 g/mol. The summed E-state index contributed by atoms with van der Waals surface area (Å²) in [5.74, 6) is 2.31. The number of benzene rings is 1. The van der Waals surface area contributed by atoms with Gasteiger partial charge in [-0.1, -0.05) is 6.07 Å². The monoisotopic (exact) mass is 389 g/mol. The molecule has 0 amide bonds. The Labute approximate surface area is 159 Å². The summed E-state index contributed by atoms with van der Waals surface area (Å²) < 4.78 is 32.5. The number of fused-ring (bicyclic) bond motifs is 1. The molecular weight excluding hydrogens is 366 g/mol. The average Bonchev–Trinajstić information content (AvgIpc) is 3.07. The van der Waals surface area contributed by atoms with Gasteiger partial charge in [0, 0.05) is 44.9 Å². The lowest BCUT2D eigenvalue weighted by atomic mass is 10.3. The number of rotatable bonds is 4. The molecule has 0 aliphatic carbocycles. The molecule has 0 radical (unpaired) electrons. The van der Waals surface area contributed by atoms with Crippen LogP contribution in [0.1, 0.15) is 6.92 Å². The summed E-state index contributed by atoms with van der Waals surface area (Å²) in [6.45, 7) is 4.95. The first-order valence-electron chi connectivity index (χ1n) is 8.97. The van der Waals surface area contributed by atoms with E-state index in [0.29, 0.717) is 31.9 Å². The summed E-state index contributed by atoms with van der Waals surface area (Å²) in [7, 11) is -2.01. The Morgan fingerprint density at radius 3 is 2.70 bits per heavy atom. The minimum Gasteiger partial charge on any atom is -0.497 e. The largest absolute Gasteiger partial charge is 0.497 e. The van der Waals surface area contributed by atoms with Gasteiger partial charge in [0.15, 0.2) is 0 Å². The van der Waals surface area contributed by atoms with Crippen LogP contribution < -0.4 is 4.74 Å². The molecule has 0 bridgehead atoms. The second-order valence-corrected chi connectivity index (χ2v) is 8.74. The highest BCUT2D eigenvalue weighted by Crippen LogP contribution is 2.24. The van der Waals surface area contributed by atoms with Gasteiger partial charge in [-0.15, -0.1) is 0 Å². The van der Waals surface area contributed by atoms with Crippen LogP contribution in [0.3, 0.4) is 0 Å². The minimum atomic E-state index is -3.53. The van der Waals surface area contributed by atoms with Crippen molar-refractivity contribution < 1.29 is 13.2 Å². The highest BCUT2D eigenvalue weighted by atomic mass is 32.2. The Morgan fingerprint density at radius 2 is 1.96 bits per heavy atom. The zero-order chi connectivity index (χ0) is 19.0. The van der Waals surface area contributed by atoms with E-state index in [-0.39, 0.29) is 10.9 Å². The van der Waals surface area contributed by atoms with Crippen LogP contribution in [0, 0.1) is 0 Å². The molecule has 9 heteroatoms. The maximum atomic E-state index is 12.9. The Morgan fingerprint density at radius 1 is 1.19 bits per heavy atom. The van der Waals surface area contributed by atoms with Crippen LogP contribution >= 0.6 is 0 Å². The molecule has 0 unspecified atom stereocenters. The highest BCUT2D eigenvalue weighted by Gasteiger charge is 2.31. The van der Waals surface area contributed by atoms with Crippen LogP contribution in [0.2, 0.25) is 0 Å². The Kier molecular flexibility index (Phi) is 4.65. The minimum absolute atomic E-state index is 0.259. The third-order valence-electron chi connectivity index (χ3n) is 4.94. The topological polar surface area (TPSA) is 77.8 Å². The molecule has 27 heavy (non-hydrogen) atoms. The summed E-state index contributed by atoms with van der Waals surface area (Å²) >= 11 is 0. The summed E-state index contributed by atoms with van der Waals surface area (Å²) in [4.78, 5) is 13.5. The fourth-order valence-corrected chi connectivity index (χ4v) is 4.93. The first-order chi connectivity index (χ1) is 13.0. The second kappa shape index (κ2) is 6.97. The van der Waals surface area contributed by atoms with Gasteiger partial charge in [-0.2, -0.15) is 4.31 Å². The van der Waals surface area contributed by atoms with E-state index in [0.717, 1.165) is 18.2 Å². The van der Waals surface area contributed by atoms with Crippen molar-refractivity contribution in [1.82, 2.24) is 14.1 Å². The van der Waals surface area contributed by atoms with Crippen molar-refractivity contribution in [2.24, 2.45) is 9.98 Å². The van der Waals surface area contributed by atoms with Crippen LogP contribution in [0.5, 0.6) is 5.75 Å². The van der Waals surface area contributed by atoms with Gasteiger partial charge in [0.1, 0.15) is 17.4 Å². The molecule has 1 saturated heterocycles. The molecule has 3 heterocycles. The number of aliphatic imine (C=N–C) groups is 2. The van der Waals surface area contributed by atoms with Crippen molar-refractivity contribution in [3.05, 3.63) is 36.2 Å². The van der Waals surface area contributed by atoms with Gasteiger partial charge >= 0.3 is 0 Å². The third-order valence-corrected chi connectivity index (χ3v) is 6.83. The molecule has 0 saturated carbocycles. The summed E-state index contributed by atoms with van der Waals surface area (Å²) in [5, 5.41) is 0. The first-order valence-corrected chi connectivity index (χ1v) is 10.4. The molecule has 1 aromatic rings. The van der Waals surface area contributed by atoms with Crippen LogP contribution in [-0.2, 0) is 10.0 Å². The SMILES string of the molecule is COc1cccc(S(=O)(=O)N2CCN(C3=CC4=N[C@@H](C)CN4C=N3)CC2)c1. The van der Waals surface area contributed by atoms with E-state index >= 15 is 0 Å². The van der Waals surface area contributed by atoms with Crippen molar-refractivity contribution in [2.45, 2.75) is 17.9 Å².